The summed E-state index contributed by atoms with van der Waals surface area (Å²) in [7, 11) is 0. The SMILES string of the molecule is C[C@H](NC(=O)C1CC1)C(=O)NCc1cn(-c2ccccc2)nc1-c1ccc(F)cc1. The van der Waals surface area contributed by atoms with Gasteiger partial charge in [0.25, 0.3) is 0 Å². The first-order valence-electron chi connectivity index (χ1n) is 9.99. The van der Waals surface area contributed by atoms with E-state index in [1.165, 1.54) is 12.1 Å². The summed E-state index contributed by atoms with van der Waals surface area (Å²) < 4.78 is 15.1. The number of nitrogens with zero attached hydrogens (tertiary/aromatic N) is 2. The molecule has 1 atom stereocenters. The molecular formula is C23H23FN4O2. The molecule has 1 aliphatic rings. The summed E-state index contributed by atoms with van der Waals surface area (Å²) in [6.45, 7) is 1.91. The average molecular weight is 406 g/mol. The maximum Gasteiger partial charge on any atom is 0.242 e. The second kappa shape index (κ2) is 8.49. The summed E-state index contributed by atoms with van der Waals surface area (Å²) >= 11 is 0. The van der Waals surface area contributed by atoms with Gasteiger partial charge in [-0.3, -0.25) is 9.59 Å². The molecule has 154 valence electrons. The van der Waals surface area contributed by atoms with Crippen molar-refractivity contribution in [3.05, 3.63) is 72.2 Å². The normalized spacial score (nSPS) is 14.2. The van der Waals surface area contributed by atoms with Gasteiger partial charge in [-0.05, 0) is 56.2 Å². The van der Waals surface area contributed by atoms with Crippen LogP contribution < -0.4 is 10.6 Å². The van der Waals surface area contributed by atoms with Crippen LogP contribution in [0.1, 0.15) is 25.3 Å². The van der Waals surface area contributed by atoms with Gasteiger partial charge in [0.1, 0.15) is 11.9 Å². The van der Waals surface area contributed by atoms with Crippen molar-refractivity contribution >= 4 is 11.8 Å². The third kappa shape index (κ3) is 4.56. The van der Waals surface area contributed by atoms with Crippen LogP contribution in [-0.4, -0.2) is 27.6 Å². The van der Waals surface area contributed by atoms with Crippen molar-refractivity contribution < 1.29 is 14.0 Å². The van der Waals surface area contributed by atoms with Crippen molar-refractivity contribution in [1.82, 2.24) is 20.4 Å². The second-order valence-corrected chi connectivity index (χ2v) is 7.51. The third-order valence-corrected chi connectivity index (χ3v) is 5.08. The Balaban J connectivity index is 1.53. The van der Waals surface area contributed by atoms with Crippen molar-refractivity contribution in [1.29, 1.82) is 0 Å². The number of rotatable bonds is 7. The van der Waals surface area contributed by atoms with Crippen molar-refractivity contribution in [2.24, 2.45) is 5.92 Å². The largest absolute Gasteiger partial charge is 0.350 e. The van der Waals surface area contributed by atoms with Crippen LogP contribution in [0.4, 0.5) is 4.39 Å². The highest BCUT2D eigenvalue weighted by Gasteiger charge is 2.31. The molecule has 3 aromatic rings. The maximum atomic E-state index is 13.4. The number of carbonyl (C=O) groups is 2. The van der Waals surface area contributed by atoms with Crippen LogP contribution in [0.3, 0.4) is 0 Å². The molecule has 0 aliphatic heterocycles. The van der Waals surface area contributed by atoms with Gasteiger partial charge in [0.15, 0.2) is 0 Å². The molecule has 4 rings (SSSR count). The number of halogens is 1. The van der Waals surface area contributed by atoms with E-state index in [2.05, 4.69) is 15.7 Å². The summed E-state index contributed by atoms with van der Waals surface area (Å²) in [4.78, 5) is 24.3. The molecule has 0 saturated heterocycles. The standard InChI is InChI=1S/C23H23FN4O2/c1-15(26-23(30)17-7-8-17)22(29)25-13-18-14-28(20-5-3-2-4-6-20)27-21(18)16-9-11-19(24)12-10-16/h2-6,9-12,14-15,17H,7-8,13H2,1H3,(H,25,29)(H,26,30)/t15-/m0/s1. The highest BCUT2D eigenvalue weighted by molar-refractivity contribution is 5.89. The van der Waals surface area contributed by atoms with Gasteiger partial charge < -0.3 is 10.6 Å². The molecule has 0 spiro atoms. The number of carbonyl (C=O) groups excluding carboxylic acids is 2. The third-order valence-electron chi connectivity index (χ3n) is 5.08. The van der Waals surface area contributed by atoms with Gasteiger partial charge in [0.05, 0.1) is 11.4 Å². The lowest BCUT2D eigenvalue weighted by atomic mass is 10.1. The van der Waals surface area contributed by atoms with Crippen molar-refractivity contribution in [2.45, 2.75) is 32.4 Å². The van der Waals surface area contributed by atoms with Crippen LogP contribution in [0.15, 0.2) is 60.8 Å². The van der Waals surface area contributed by atoms with Gasteiger partial charge in [0, 0.05) is 29.8 Å². The Hall–Kier alpha value is -3.48. The van der Waals surface area contributed by atoms with E-state index in [1.54, 1.807) is 23.7 Å². The lowest BCUT2D eigenvalue weighted by Crippen LogP contribution is -2.45. The Morgan fingerprint density at radius 3 is 2.50 bits per heavy atom. The van der Waals surface area contributed by atoms with Gasteiger partial charge in [-0.25, -0.2) is 9.07 Å². The fourth-order valence-corrected chi connectivity index (χ4v) is 3.18. The monoisotopic (exact) mass is 406 g/mol. The van der Waals surface area contributed by atoms with E-state index >= 15 is 0 Å². The van der Waals surface area contributed by atoms with Gasteiger partial charge in [0.2, 0.25) is 11.8 Å². The summed E-state index contributed by atoms with van der Waals surface area (Å²) in [6, 6.07) is 15.1. The van der Waals surface area contributed by atoms with E-state index in [0.29, 0.717) is 5.69 Å². The van der Waals surface area contributed by atoms with Crippen LogP contribution in [0.25, 0.3) is 16.9 Å². The molecular weight excluding hydrogens is 383 g/mol. The fourth-order valence-electron chi connectivity index (χ4n) is 3.18. The smallest absolute Gasteiger partial charge is 0.242 e. The molecule has 0 unspecified atom stereocenters. The summed E-state index contributed by atoms with van der Waals surface area (Å²) in [5.41, 5.74) is 3.09. The van der Waals surface area contributed by atoms with E-state index in [4.69, 9.17) is 0 Å². The molecule has 1 saturated carbocycles. The summed E-state index contributed by atoms with van der Waals surface area (Å²) in [5.74, 6) is -0.603. The zero-order valence-electron chi connectivity index (χ0n) is 16.6. The van der Waals surface area contributed by atoms with Crippen LogP contribution in [0, 0.1) is 11.7 Å². The van der Waals surface area contributed by atoms with E-state index in [0.717, 1.165) is 29.7 Å². The number of nitrogens with one attached hydrogen (secondary N) is 2. The molecule has 2 aromatic carbocycles. The van der Waals surface area contributed by atoms with E-state index < -0.39 is 6.04 Å². The molecule has 1 aliphatic carbocycles. The summed E-state index contributed by atoms with van der Waals surface area (Å²) in [5, 5.41) is 10.3. The second-order valence-electron chi connectivity index (χ2n) is 7.51. The van der Waals surface area contributed by atoms with Crippen LogP contribution in [-0.2, 0) is 16.1 Å². The molecule has 0 bridgehead atoms. The van der Waals surface area contributed by atoms with Crippen molar-refractivity contribution in [2.75, 3.05) is 0 Å². The number of aromatic nitrogens is 2. The Morgan fingerprint density at radius 2 is 1.83 bits per heavy atom. The van der Waals surface area contributed by atoms with Crippen molar-refractivity contribution in [3.8, 4) is 16.9 Å². The number of para-hydroxylation sites is 1. The van der Waals surface area contributed by atoms with E-state index in [9.17, 15) is 14.0 Å². The molecule has 2 amide bonds. The predicted octanol–water partition coefficient (Wildman–Crippen LogP) is 3.21. The van der Waals surface area contributed by atoms with Gasteiger partial charge in [-0.1, -0.05) is 18.2 Å². The van der Waals surface area contributed by atoms with E-state index in [-0.39, 0.29) is 30.1 Å². The highest BCUT2D eigenvalue weighted by atomic mass is 19.1. The molecule has 6 nitrogen and oxygen atoms in total. The van der Waals surface area contributed by atoms with Crippen LogP contribution in [0.2, 0.25) is 0 Å². The van der Waals surface area contributed by atoms with Gasteiger partial charge >= 0.3 is 0 Å². The van der Waals surface area contributed by atoms with Gasteiger partial charge in [-0.2, -0.15) is 5.10 Å². The molecule has 30 heavy (non-hydrogen) atoms. The minimum absolute atomic E-state index is 0.0504. The molecule has 0 radical (unpaired) electrons. The molecule has 1 fully saturated rings. The highest BCUT2D eigenvalue weighted by Crippen LogP contribution is 2.29. The molecule has 2 N–H and O–H groups in total. The van der Waals surface area contributed by atoms with Gasteiger partial charge in [-0.15, -0.1) is 0 Å². The average Bonchev–Trinajstić information content (AvgIpc) is 3.53. The van der Waals surface area contributed by atoms with Crippen molar-refractivity contribution in [3.63, 3.8) is 0 Å². The minimum atomic E-state index is -0.614. The lowest BCUT2D eigenvalue weighted by molar-refractivity contribution is -0.129. The van der Waals surface area contributed by atoms with Crippen LogP contribution >= 0.6 is 0 Å². The Labute approximate surface area is 174 Å². The molecule has 1 aromatic heterocycles. The maximum absolute atomic E-state index is 13.4. The first-order chi connectivity index (χ1) is 14.5. The Bertz CT molecular complexity index is 1040. The first kappa shape index (κ1) is 19.8. The predicted molar refractivity (Wildman–Crippen MR) is 111 cm³/mol. The first-order valence-corrected chi connectivity index (χ1v) is 9.99. The fraction of sp³-hybridized carbons (Fsp3) is 0.261. The lowest BCUT2D eigenvalue weighted by Gasteiger charge is -2.14. The number of amides is 2. The Kier molecular flexibility index (Phi) is 5.61. The minimum Gasteiger partial charge on any atom is -0.350 e. The quantitative estimate of drug-likeness (QED) is 0.633. The number of hydrogen-bond acceptors (Lipinski definition) is 3. The zero-order valence-corrected chi connectivity index (χ0v) is 16.6. The van der Waals surface area contributed by atoms with E-state index in [1.807, 2.05) is 36.5 Å². The zero-order chi connectivity index (χ0) is 21.1. The van der Waals surface area contributed by atoms with Crippen LogP contribution in [0.5, 0.6) is 0 Å². The molecule has 7 heteroatoms. The summed E-state index contributed by atoms with van der Waals surface area (Å²) in [6.07, 6.45) is 3.63. The molecule has 1 heterocycles. The number of benzene rings is 2. The topological polar surface area (TPSA) is 76.0 Å². The Morgan fingerprint density at radius 1 is 1.13 bits per heavy atom. The number of hydrogen-bond donors (Lipinski definition) is 2.